The maximum absolute atomic E-state index is 9.05. The molecule has 1 N–H and O–H groups in total. The predicted octanol–water partition coefficient (Wildman–Crippen LogP) is 0.497. The molecule has 4 heteroatoms. The Balaban J connectivity index is 2.13. The zero-order valence-electron chi connectivity index (χ0n) is 7.69. The van der Waals surface area contributed by atoms with Gasteiger partial charge in [0, 0.05) is 13.1 Å². The first-order valence-corrected chi connectivity index (χ1v) is 4.79. The molecule has 1 aliphatic rings. The minimum atomic E-state index is 0.0660. The summed E-state index contributed by atoms with van der Waals surface area (Å²) in [7, 11) is 0. The molecule has 0 aromatic carbocycles. The third-order valence-electron chi connectivity index (χ3n) is 2.49. The van der Waals surface area contributed by atoms with Gasteiger partial charge in [-0.25, -0.2) is 9.66 Å². The largest absolute Gasteiger partial charge is 0.390 e. The number of aliphatic hydroxyl groups is 1. The summed E-state index contributed by atoms with van der Waals surface area (Å²) in [4.78, 5) is 4.03. The van der Waals surface area contributed by atoms with Gasteiger partial charge in [-0.15, -0.1) is 0 Å². The van der Waals surface area contributed by atoms with Crippen molar-refractivity contribution in [3.63, 3.8) is 0 Å². The smallest absolute Gasteiger partial charge is 0.115 e. The highest BCUT2D eigenvalue weighted by atomic mass is 16.3. The lowest BCUT2D eigenvalue weighted by Gasteiger charge is -2.30. The van der Waals surface area contributed by atoms with Gasteiger partial charge in [0.25, 0.3) is 0 Å². The summed E-state index contributed by atoms with van der Waals surface area (Å²) in [5, 5.41) is 11.3. The van der Waals surface area contributed by atoms with Gasteiger partial charge in [0.15, 0.2) is 0 Å². The summed E-state index contributed by atoms with van der Waals surface area (Å²) < 4.78 is 1.97. The lowest BCUT2D eigenvalue weighted by atomic mass is 10.2. The van der Waals surface area contributed by atoms with Crippen LogP contribution < -0.4 is 5.01 Å². The van der Waals surface area contributed by atoms with Crippen molar-refractivity contribution >= 4 is 0 Å². The Labute approximate surface area is 77.8 Å². The van der Waals surface area contributed by atoms with Crippen molar-refractivity contribution < 1.29 is 5.11 Å². The third kappa shape index (κ3) is 1.67. The number of hydrogen-bond acceptors (Lipinski definition) is 3. The topological polar surface area (TPSA) is 41.3 Å². The molecule has 0 amide bonds. The van der Waals surface area contributed by atoms with Crippen molar-refractivity contribution in [2.24, 2.45) is 0 Å². The van der Waals surface area contributed by atoms with E-state index in [1.807, 2.05) is 4.68 Å². The summed E-state index contributed by atoms with van der Waals surface area (Å²) in [6, 6.07) is 0. The molecule has 13 heavy (non-hydrogen) atoms. The van der Waals surface area contributed by atoms with Crippen LogP contribution in [0, 0.1) is 0 Å². The van der Waals surface area contributed by atoms with Gasteiger partial charge in [0.05, 0.1) is 18.5 Å². The second-order valence-electron chi connectivity index (χ2n) is 3.40. The molecule has 1 aromatic rings. The molecule has 0 atom stereocenters. The minimum absolute atomic E-state index is 0.0660. The molecule has 1 saturated heterocycles. The monoisotopic (exact) mass is 181 g/mol. The molecule has 0 aliphatic carbocycles. The van der Waals surface area contributed by atoms with Crippen LogP contribution in [-0.4, -0.2) is 27.9 Å². The van der Waals surface area contributed by atoms with Gasteiger partial charge in [0.1, 0.15) is 6.33 Å². The predicted molar refractivity (Wildman–Crippen MR) is 50.0 cm³/mol. The van der Waals surface area contributed by atoms with Gasteiger partial charge in [-0.3, -0.25) is 0 Å². The van der Waals surface area contributed by atoms with Gasteiger partial charge < -0.3 is 10.1 Å². The number of hydrogen-bond donors (Lipinski definition) is 1. The maximum Gasteiger partial charge on any atom is 0.115 e. The van der Waals surface area contributed by atoms with Crippen LogP contribution in [0.15, 0.2) is 12.5 Å². The lowest BCUT2D eigenvalue weighted by Crippen LogP contribution is -2.39. The average molecular weight is 181 g/mol. The number of rotatable bonds is 2. The van der Waals surface area contributed by atoms with Crippen molar-refractivity contribution in [3.05, 3.63) is 18.2 Å². The SMILES string of the molecule is OCc1cncn1N1CCCCC1. The molecule has 0 radical (unpaired) electrons. The highest BCUT2D eigenvalue weighted by Gasteiger charge is 2.12. The molecule has 0 saturated carbocycles. The van der Waals surface area contributed by atoms with Crippen LogP contribution in [-0.2, 0) is 6.61 Å². The summed E-state index contributed by atoms with van der Waals surface area (Å²) in [6.45, 7) is 2.21. The van der Waals surface area contributed by atoms with Gasteiger partial charge in [-0.1, -0.05) is 0 Å². The van der Waals surface area contributed by atoms with Crippen molar-refractivity contribution in [2.45, 2.75) is 25.9 Å². The Bertz CT molecular complexity index is 266. The molecule has 0 unspecified atom stereocenters. The van der Waals surface area contributed by atoms with Crippen LogP contribution >= 0.6 is 0 Å². The van der Waals surface area contributed by atoms with Crippen LogP contribution in [0.2, 0.25) is 0 Å². The van der Waals surface area contributed by atoms with Crippen LogP contribution in [0.5, 0.6) is 0 Å². The summed E-state index contributed by atoms with van der Waals surface area (Å²) in [5.41, 5.74) is 0.877. The van der Waals surface area contributed by atoms with E-state index in [9.17, 15) is 0 Å². The molecule has 2 heterocycles. The molecule has 2 rings (SSSR count). The van der Waals surface area contributed by atoms with Crippen LogP contribution in [0.1, 0.15) is 25.0 Å². The standard InChI is InChI=1S/C9H15N3O/c13-7-9-6-10-8-12(9)11-4-2-1-3-5-11/h6,8,13H,1-5,7H2. The lowest BCUT2D eigenvalue weighted by molar-refractivity contribution is 0.268. The molecular formula is C9H15N3O. The van der Waals surface area contributed by atoms with Gasteiger partial charge >= 0.3 is 0 Å². The highest BCUT2D eigenvalue weighted by Crippen LogP contribution is 2.09. The molecule has 1 fully saturated rings. The highest BCUT2D eigenvalue weighted by molar-refractivity contribution is 5.03. The Hall–Kier alpha value is -1.03. The van der Waals surface area contributed by atoms with E-state index in [2.05, 4.69) is 9.99 Å². The van der Waals surface area contributed by atoms with Gasteiger partial charge in [0.2, 0.25) is 0 Å². The number of piperidine rings is 1. The van der Waals surface area contributed by atoms with E-state index in [1.165, 1.54) is 19.3 Å². The number of aromatic nitrogens is 2. The second-order valence-corrected chi connectivity index (χ2v) is 3.40. The quantitative estimate of drug-likeness (QED) is 0.722. The number of nitrogens with zero attached hydrogens (tertiary/aromatic N) is 3. The Kier molecular flexibility index (Phi) is 2.49. The summed E-state index contributed by atoms with van der Waals surface area (Å²) >= 11 is 0. The Morgan fingerprint density at radius 3 is 2.77 bits per heavy atom. The fourth-order valence-electron chi connectivity index (χ4n) is 1.78. The van der Waals surface area contributed by atoms with E-state index in [4.69, 9.17) is 5.11 Å². The van der Waals surface area contributed by atoms with E-state index in [0.29, 0.717) is 0 Å². The van der Waals surface area contributed by atoms with Crippen molar-refractivity contribution in [1.82, 2.24) is 9.66 Å². The molecule has 1 aliphatic heterocycles. The van der Waals surface area contributed by atoms with E-state index in [1.54, 1.807) is 12.5 Å². The van der Waals surface area contributed by atoms with E-state index in [-0.39, 0.29) is 6.61 Å². The van der Waals surface area contributed by atoms with Crippen LogP contribution in [0.25, 0.3) is 0 Å². The fraction of sp³-hybridized carbons (Fsp3) is 0.667. The first-order valence-electron chi connectivity index (χ1n) is 4.79. The summed E-state index contributed by atoms with van der Waals surface area (Å²) in [6.07, 6.45) is 7.29. The van der Waals surface area contributed by atoms with E-state index >= 15 is 0 Å². The zero-order chi connectivity index (χ0) is 9.10. The second kappa shape index (κ2) is 3.79. The van der Waals surface area contributed by atoms with Gasteiger partial charge in [-0.2, -0.15) is 0 Å². The first kappa shape index (κ1) is 8.56. The molecule has 1 aromatic heterocycles. The maximum atomic E-state index is 9.05. The van der Waals surface area contributed by atoms with Gasteiger partial charge in [-0.05, 0) is 19.3 Å². The average Bonchev–Trinajstić information content (AvgIpc) is 2.67. The van der Waals surface area contributed by atoms with E-state index < -0.39 is 0 Å². The molecular weight excluding hydrogens is 166 g/mol. The number of aliphatic hydroxyl groups excluding tert-OH is 1. The number of imidazole rings is 1. The molecule has 4 nitrogen and oxygen atoms in total. The van der Waals surface area contributed by atoms with Crippen molar-refractivity contribution in [2.75, 3.05) is 18.1 Å². The summed E-state index contributed by atoms with van der Waals surface area (Å²) in [5.74, 6) is 0. The minimum Gasteiger partial charge on any atom is -0.390 e. The van der Waals surface area contributed by atoms with Crippen molar-refractivity contribution in [1.29, 1.82) is 0 Å². The Morgan fingerprint density at radius 1 is 1.31 bits per heavy atom. The third-order valence-corrected chi connectivity index (χ3v) is 2.49. The molecule has 0 spiro atoms. The van der Waals surface area contributed by atoms with Crippen molar-refractivity contribution in [3.8, 4) is 0 Å². The van der Waals surface area contributed by atoms with Crippen LogP contribution in [0.3, 0.4) is 0 Å². The van der Waals surface area contributed by atoms with Crippen LogP contribution in [0.4, 0.5) is 0 Å². The zero-order valence-corrected chi connectivity index (χ0v) is 7.69. The molecule has 72 valence electrons. The first-order chi connectivity index (χ1) is 6.42. The Morgan fingerprint density at radius 2 is 2.08 bits per heavy atom. The normalized spacial score (nSPS) is 17.8. The van der Waals surface area contributed by atoms with E-state index in [0.717, 1.165) is 18.8 Å². The fourth-order valence-corrected chi connectivity index (χ4v) is 1.78. The molecule has 0 bridgehead atoms.